The first kappa shape index (κ1) is 92.1. The number of anilines is 5. The van der Waals surface area contributed by atoms with Gasteiger partial charge in [0.15, 0.2) is 11.3 Å². The normalized spacial score (nSPS) is 12.2. The maximum Gasteiger partial charge on any atom is 0.425 e. The highest BCUT2D eigenvalue weighted by molar-refractivity contribution is 7.99. The summed E-state index contributed by atoms with van der Waals surface area (Å²) in [5.41, 5.74) is 0.270. The molecule has 9 rings (SSSR count). The Labute approximate surface area is 669 Å². The van der Waals surface area contributed by atoms with E-state index in [1.807, 2.05) is 0 Å². The summed E-state index contributed by atoms with van der Waals surface area (Å²) >= 11 is 1.93. The van der Waals surface area contributed by atoms with E-state index in [1.54, 1.807) is 38.1 Å². The minimum atomic E-state index is -5.13. The number of pyridine rings is 1. The lowest BCUT2D eigenvalue weighted by Crippen LogP contribution is -2.17. The van der Waals surface area contributed by atoms with Crippen LogP contribution in [0.1, 0.15) is 48.4 Å². The number of thioether (sulfide) groups is 2. The summed E-state index contributed by atoms with van der Waals surface area (Å²) in [6.07, 6.45) is -0.397. The van der Waals surface area contributed by atoms with Gasteiger partial charge >= 0.3 is 21.2 Å². The van der Waals surface area contributed by atoms with Gasteiger partial charge in [0, 0.05) is 45.8 Å². The van der Waals surface area contributed by atoms with Crippen molar-refractivity contribution >= 4 is 203 Å². The zero-order valence-electron chi connectivity index (χ0n) is 59.3. The van der Waals surface area contributed by atoms with Crippen LogP contribution in [0.4, 0.5) is 80.4 Å². The molecule has 10 N–H and O–H groups in total. The number of non-ortho nitro benzene ring substituents is 1. The number of imidazole rings is 1. The molecule has 0 fully saturated rings. The fraction of sp³-hybridized carbons (Fsp3) is 0.250. The number of nitriles is 1. The van der Waals surface area contributed by atoms with Crippen LogP contribution in [0.15, 0.2) is 164 Å². The number of ether oxygens (including phenoxy) is 1. The third kappa shape index (κ3) is 28.5. The van der Waals surface area contributed by atoms with Crippen molar-refractivity contribution in [2.75, 3.05) is 63.6 Å². The Morgan fingerprint density at radius 1 is 0.560 bits per heavy atom. The van der Waals surface area contributed by atoms with Crippen molar-refractivity contribution in [3.8, 4) is 17.7 Å². The number of fused-ring (bicyclic) bond motifs is 3. The number of azo groups is 4. The highest BCUT2D eigenvalue weighted by Gasteiger charge is 2.26. The Morgan fingerprint density at radius 2 is 1.07 bits per heavy atom. The molecule has 0 radical (unpaired) electrons. The molecule has 0 aliphatic rings. The van der Waals surface area contributed by atoms with Crippen LogP contribution >= 0.6 is 23.5 Å². The summed E-state index contributed by atoms with van der Waals surface area (Å²) in [6, 6.07) is 24.3. The second-order valence-corrected chi connectivity index (χ2v) is 35.3. The predicted molar refractivity (Wildman–Crippen MR) is 414 cm³/mol. The molecule has 618 valence electrons. The standard InChI is InChI=1S/C60H60N18O22S8.2O3S/c1-4-39-40(33-61)56-64-41-13-5-6-14-50(41)77(56)57(79)55(39)76-73-47-25-34(2)43(30-51(47)100-18-8-21-103(82,83)84)70-75-49-29-45(65-60-67-58(62-17-24-106(91,92)93)66-59(68-60)63-36-11-7-12-38(27-36)107(94,95)96)46(32-53(49)102-20-10-23-105(88,89)90)72-74-48-26-35(3)44(31-52(48)101-19-9-22-104(85,86)87)71-69-42-16-15-37(78(80)81)28-54(42)108(97,98)99;2*1-4(2)3/h5-7,11-16,25-32,79H,4,8-10,17-24H2,1-3H3,(H,82,83,84)(H,85,86,87)(H,88,89,90)(H,91,92,93)(H,94,95,96)(H,97,98,99)(H3,62,63,65,66,67,68);;. The molecule has 6 aromatic carbocycles. The number of aromatic hydroxyl groups is 1. The monoisotopic (exact) mass is 1800 g/mol. The SMILES string of the molecule is CCc1c(N=Nc2cc(C)c(N=Nc3cc(Nc4nc(NCCS(=O)(=O)O)nc(Nc5cccc(S(=O)(=O)O)c5)n4)c(N=Nc4cc(C)c(N=Nc5ccc([N+](=O)[O-])cc5S(=O)(=O)O)cc4SCCCS(=O)(=O)O)cc3SCCCS(=O)(=O)O)cc2OCCCS(=O)(=O)O)c(O)n2c(nc3ccccc32)c1C#N.O=S(=O)=O.O=S(=O)=O. The van der Waals surface area contributed by atoms with E-state index in [0.29, 0.717) is 22.7 Å². The summed E-state index contributed by atoms with van der Waals surface area (Å²) < 4.78 is 261. The zero-order valence-corrected chi connectivity index (χ0v) is 67.5. The van der Waals surface area contributed by atoms with Crippen molar-refractivity contribution in [1.29, 1.82) is 5.26 Å². The van der Waals surface area contributed by atoms with Gasteiger partial charge in [-0.05, 0) is 129 Å². The minimum Gasteiger partial charge on any atom is -0.493 e. The van der Waals surface area contributed by atoms with Crippen LogP contribution in [0.2, 0.25) is 0 Å². The number of hydrogen-bond acceptors (Lipinski definition) is 40. The molecule has 0 amide bonds. The van der Waals surface area contributed by atoms with Gasteiger partial charge in [-0.2, -0.15) is 80.9 Å². The Hall–Kier alpha value is -11.0. The van der Waals surface area contributed by atoms with Crippen LogP contribution in [-0.2, 0) is 88.3 Å². The number of nitrogens with one attached hydrogen (secondary N) is 3. The summed E-state index contributed by atoms with van der Waals surface area (Å²) in [7, 11) is -34.2. The Balaban J connectivity index is 0.00000222. The highest BCUT2D eigenvalue weighted by atomic mass is 32.2. The summed E-state index contributed by atoms with van der Waals surface area (Å²) in [5, 5.41) is 77.5. The van der Waals surface area contributed by atoms with Gasteiger partial charge in [0.1, 0.15) is 45.0 Å². The van der Waals surface area contributed by atoms with Crippen LogP contribution in [0.3, 0.4) is 0 Å². The van der Waals surface area contributed by atoms with E-state index in [1.165, 1.54) is 59.9 Å². The second-order valence-electron chi connectivity index (χ2n) is 23.1. The van der Waals surface area contributed by atoms with Gasteiger partial charge in [-0.3, -0.25) is 41.8 Å². The van der Waals surface area contributed by atoms with E-state index in [9.17, 15) is 98.3 Å². The van der Waals surface area contributed by atoms with E-state index in [-0.39, 0.29) is 145 Å². The van der Waals surface area contributed by atoms with Gasteiger partial charge in [-0.15, -0.1) is 79.5 Å². The second kappa shape index (κ2) is 40.0. The van der Waals surface area contributed by atoms with Crippen LogP contribution in [-0.4, -0.2) is 185 Å². The van der Waals surface area contributed by atoms with Gasteiger partial charge in [0.25, 0.3) is 66.4 Å². The molecular formula is C60H60N18O28S10. The molecule has 0 unspecified atom stereocenters. The summed E-state index contributed by atoms with van der Waals surface area (Å²) in [5.74, 6) is -4.81. The molecule has 0 saturated heterocycles. The Bertz CT molecular complexity index is 6420. The maximum absolute atomic E-state index is 12.4. The van der Waals surface area contributed by atoms with Gasteiger partial charge in [0.05, 0.1) is 73.2 Å². The summed E-state index contributed by atoms with van der Waals surface area (Å²) in [4.78, 5) is 27.0. The number of nitro groups is 1. The molecule has 3 heterocycles. The first-order valence-electron chi connectivity index (χ1n) is 32.0. The number of aromatic nitrogens is 5. The van der Waals surface area contributed by atoms with Gasteiger partial charge in [-0.1, -0.05) is 25.1 Å². The Morgan fingerprint density at radius 3 is 1.63 bits per heavy atom. The van der Waals surface area contributed by atoms with Crippen LogP contribution in [0.5, 0.6) is 11.6 Å². The van der Waals surface area contributed by atoms with Gasteiger partial charge < -0.3 is 25.8 Å². The number of benzene rings is 6. The molecule has 9 aromatic rings. The Kier molecular flexibility index (Phi) is 31.8. The first-order valence-corrected chi connectivity index (χ1v) is 45.3. The van der Waals surface area contributed by atoms with Crippen molar-refractivity contribution < 1.29 is 118 Å². The van der Waals surface area contributed by atoms with E-state index < -0.39 is 149 Å². The fourth-order valence-electron chi connectivity index (χ4n) is 9.78. The largest absolute Gasteiger partial charge is 0.493 e. The molecule has 0 bridgehead atoms. The topological polar surface area (TPSA) is 716 Å². The number of rotatable bonds is 35. The molecule has 3 aromatic heterocycles. The van der Waals surface area contributed by atoms with Crippen LogP contribution < -0.4 is 20.7 Å². The molecule has 46 nitrogen and oxygen atoms in total. The quantitative estimate of drug-likeness (QED) is 0.00440. The molecule has 116 heavy (non-hydrogen) atoms. The lowest BCUT2D eigenvalue weighted by Gasteiger charge is -2.15. The zero-order chi connectivity index (χ0) is 85.8. The van der Waals surface area contributed by atoms with E-state index in [4.69, 9.17) is 30.0 Å². The smallest absolute Gasteiger partial charge is 0.425 e. The highest BCUT2D eigenvalue weighted by Crippen LogP contribution is 2.46. The number of hydrogen-bond donors (Lipinski definition) is 10. The number of para-hydroxylation sites is 2. The predicted octanol–water partition coefficient (Wildman–Crippen LogP) is 10.7. The van der Waals surface area contributed by atoms with E-state index in [2.05, 4.69) is 82.9 Å². The van der Waals surface area contributed by atoms with Crippen LogP contribution in [0.25, 0.3) is 16.7 Å². The van der Waals surface area contributed by atoms with E-state index in [0.717, 1.165) is 47.8 Å². The van der Waals surface area contributed by atoms with Crippen molar-refractivity contribution in [2.24, 2.45) is 40.9 Å². The maximum atomic E-state index is 12.4. The average Bonchev–Trinajstić information content (AvgIpc) is 1.57. The number of aryl methyl sites for hydroxylation is 2. The van der Waals surface area contributed by atoms with E-state index >= 15 is 0 Å². The number of nitro benzene ring substituents is 1. The molecule has 0 spiro atoms. The molecule has 0 aliphatic heterocycles. The van der Waals surface area contributed by atoms with Crippen molar-refractivity contribution in [3.05, 3.63) is 135 Å². The molecular weight excluding hydrogens is 1740 g/mol. The minimum absolute atomic E-state index is 0.000230. The third-order valence-electron chi connectivity index (χ3n) is 14.7. The first-order chi connectivity index (χ1) is 54.2. The van der Waals surface area contributed by atoms with Crippen LogP contribution in [0, 0.1) is 35.3 Å². The molecule has 0 saturated carbocycles. The average molecular weight is 1800 g/mol. The van der Waals surface area contributed by atoms with Gasteiger partial charge in [-0.25, -0.2) is 4.98 Å². The van der Waals surface area contributed by atoms with Crippen molar-refractivity contribution in [2.45, 2.75) is 66.0 Å². The lowest BCUT2D eigenvalue weighted by molar-refractivity contribution is -0.385. The molecule has 0 atom stereocenters. The number of nitrogens with zero attached hydrogens (tertiary/aromatic N) is 15. The lowest BCUT2D eigenvalue weighted by atomic mass is 10.1. The molecule has 0 aliphatic carbocycles. The summed E-state index contributed by atoms with van der Waals surface area (Å²) in [6.45, 7) is 3.93. The third-order valence-corrected chi connectivity index (χ3v) is 21.8. The van der Waals surface area contributed by atoms with Crippen molar-refractivity contribution in [1.82, 2.24) is 24.3 Å². The fourth-order valence-corrected chi connectivity index (χ4v) is 15.1. The molecule has 56 heteroatoms. The van der Waals surface area contributed by atoms with Gasteiger partial charge in [0.2, 0.25) is 23.7 Å². The van der Waals surface area contributed by atoms with Crippen molar-refractivity contribution in [3.63, 3.8) is 0 Å².